The van der Waals surface area contributed by atoms with Crippen LogP contribution in [0.2, 0.25) is 0 Å². The number of fused-ring (bicyclic) bond motifs is 2. The third kappa shape index (κ3) is 5.27. The van der Waals surface area contributed by atoms with Crippen molar-refractivity contribution in [3.8, 4) is 11.5 Å². The van der Waals surface area contributed by atoms with Gasteiger partial charge in [0.15, 0.2) is 16.6 Å². The molecular weight excluding hydrogens is 556 g/mol. The summed E-state index contributed by atoms with van der Waals surface area (Å²) in [6.07, 6.45) is -6.44. The number of halogens is 6. The number of carbonyl (C=O) groups is 1. The second kappa shape index (κ2) is 9.67. The van der Waals surface area contributed by atoms with Gasteiger partial charge in [-0.2, -0.15) is 0 Å². The molecule has 39 heavy (non-hydrogen) atoms. The number of alkyl halides is 6. The van der Waals surface area contributed by atoms with Gasteiger partial charge in [-0.05, 0) is 18.6 Å². The Hall–Kier alpha value is -3.37. The highest BCUT2D eigenvalue weighted by Crippen LogP contribution is 2.45. The first-order valence-corrected chi connectivity index (χ1v) is 12.4. The summed E-state index contributed by atoms with van der Waals surface area (Å²) in [5, 5.41) is 2.74. The van der Waals surface area contributed by atoms with Crippen molar-refractivity contribution in [2.24, 2.45) is 5.73 Å². The minimum absolute atomic E-state index is 0.0859. The largest absolute Gasteiger partial charge is 0.586 e. The van der Waals surface area contributed by atoms with Crippen molar-refractivity contribution in [1.29, 1.82) is 0 Å². The number of anilines is 1. The average molecular weight is 578 g/mol. The van der Waals surface area contributed by atoms with Crippen LogP contribution in [0.4, 0.5) is 31.5 Å². The second-order valence-electron chi connectivity index (χ2n) is 9.25. The number of H-pyrrole nitrogens is 1. The molecule has 1 fully saturated rings. The molecule has 0 aliphatic carbocycles. The van der Waals surface area contributed by atoms with Crippen LogP contribution in [0.5, 0.6) is 11.5 Å². The van der Waals surface area contributed by atoms with Crippen molar-refractivity contribution in [1.82, 2.24) is 14.9 Å². The number of nitrogens with zero attached hydrogens (tertiary/aromatic N) is 2. The van der Waals surface area contributed by atoms with E-state index in [0.29, 0.717) is 4.70 Å². The van der Waals surface area contributed by atoms with E-state index in [2.05, 4.69) is 24.8 Å². The molecule has 2 aromatic heterocycles. The Morgan fingerprint density at radius 2 is 1.92 bits per heavy atom. The topological polar surface area (TPSA) is 123 Å². The van der Waals surface area contributed by atoms with Crippen LogP contribution in [0.1, 0.15) is 36.4 Å². The van der Waals surface area contributed by atoms with Crippen LogP contribution in [0.3, 0.4) is 0 Å². The smallest absolute Gasteiger partial charge is 0.395 e. The summed E-state index contributed by atoms with van der Waals surface area (Å²) in [6.45, 7) is 1.05. The Bertz CT molecular complexity index is 1440. The number of thiazole rings is 1. The molecular formula is C23H21F6N5O4S. The number of hydrogen-bond acceptors (Lipinski definition) is 8. The number of pyridine rings is 1. The fraction of sp³-hybridized carbons (Fsp3) is 0.435. The van der Waals surface area contributed by atoms with Crippen molar-refractivity contribution in [2.75, 3.05) is 18.4 Å². The van der Waals surface area contributed by atoms with Gasteiger partial charge >= 0.3 is 6.29 Å². The molecule has 1 saturated heterocycles. The van der Waals surface area contributed by atoms with Crippen molar-refractivity contribution in [3.05, 3.63) is 45.9 Å². The molecule has 2 unspecified atom stereocenters. The number of nitrogens with one attached hydrogen (secondary N) is 2. The minimum Gasteiger partial charge on any atom is -0.395 e. The highest BCUT2D eigenvalue weighted by molar-refractivity contribution is 7.22. The molecule has 1 aromatic carbocycles. The highest BCUT2D eigenvalue weighted by atomic mass is 32.1. The molecule has 4 heterocycles. The fourth-order valence-corrected chi connectivity index (χ4v) is 5.41. The van der Waals surface area contributed by atoms with Crippen molar-refractivity contribution < 1.29 is 40.6 Å². The van der Waals surface area contributed by atoms with Gasteiger partial charge in [-0.3, -0.25) is 14.5 Å². The molecule has 210 valence electrons. The van der Waals surface area contributed by atoms with Crippen LogP contribution >= 0.6 is 11.3 Å². The lowest BCUT2D eigenvalue weighted by Gasteiger charge is -2.40. The molecule has 0 radical (unpaired) electrons. The van der Waals surface area contributed by atoms with E-state index in [4.69, 9.17) is 5.73 Å². The summed E-state index contributed by atoms with van der Waals surface area (Å²) < 4.78 is 91.8. The molecule has 2 aliphatic rings. The number of amides is 1. The summed E-state index contributed by atoms with van der Waals surface area (Å²) in [5.41, 5.74) is 4.17. The number of likely N-dealkylation sites (tertiary alicyclic amines) is 1. The third-order valence-electron chi connectivity index (χ3n) is 6.72. The van der Waals surface area contributed by atoms with Crippen LogP contribution in [-0.4, -0.2) is 58.5 Å². The maximum absolute atomic E-state index is 14.9. The van der Waals surface area contributed by atoms with E-state index < -0.39 is 60.1 Å². The zero-order valence-corrected chi connectivity index (χ0v) is 20.8. The molecule has 16 heteroatoms. The van der Waals surface area contributed by atoms with Crippen LogP contribution in [0, 0.1) is 0 Å². The van der Waals surface area contributed by atoms with E-state index in [1.165, 1.54) is 24.0 Å². The van der Waals surface area contributed by atoms with Crippen molar-refractivity contribution in [3.63, 3.8) is 0 Å². The molecule has 9 nitrogen and oxygen atoms in total. The predicted octanol–water partition coefficient (Wildman–Crippen LogP) is 4.02. The Morgan fingerprint density at radius 3 is 2.62 bits per heavy atom. The van der Waals surface area contributed by atoms with E-state index in [1.54, 1.807) is 0 Å². The second-order valence-corrected chi connectivity index (χ2v) is 10.3. The van der Waals surface area contributed by atoms with E-state index in [1.807, 2.05) is 0 Å². The predicted molar refractivity (Wildman–Crippen MR) is 128 cm³/mol. The van der Waals surface area contributed by atoms with Crippen molar-refractivity contribution >= 4 is 32.6 Å². The molecule has 5 rings (SSSR count). The molecule has 1 amide bonds. The van der Waals surface area contributed by atoms with E-state index in [0.717, 1.165) is 23.6 Å². The van der Waals surface area contributed by atoms with Crippen LogP contribution in [0.15, 0.2) is 29.2 Å². The molecule has 4 N–H and O–H groups in total. The van der Waals surface area contributed by atoms with Gasteiger partial charge in [0.25, 0.3) is 17.9 Å². The summed E-state index contributed by atoms with van der Waals surface area (Å²) in [5.74, 6) is -5.70. The van der Waals surface area contributed by atoms with Crippen LogP contribution < -0.4 is 26.1 Å². The highest BCUT2D eigenvalue weighted by Gasteiger charge is 2.47. The first kappa shape index (κ1) is 27.2. The lowest BCUT2D eigenvalue weighted by atomic mass is 9.86. The summed E-state index contributed by atoms with van der Waals surface area (Å²) in [6, 6.07) is 0.659. The standard InChI is InChI=1S/C23H21F6N5O4S/c1-9(19(35)33-21-32-13-5-14-15(6-16(13)39-21)38-23(28,29)37-14)34-3-2-22(26,27)12(8-34)10-4-11(17(30)18(24)25)20(36)31-7-10/h4-7,9,12,17-18H,2-3,8,30H2,1H3,(H,31,36)(H,32,33,35)/t9-,12?,17?/m0/s1. The van der Waals surface area contributed by atoms with Crippen LogP contribution in [-0.2, 0) is 4.79 Å². The molecule has 0 saturated carbocycles. The minimum atomic E-state index is -3.78. The molecule has 0 spiro atoms. The first-order chi connectivity index (χ1) is 18.2. The number of piperidine rings is 1. The number of rotatable bonds is 6. The summed E-state index contributed by atoms with van der Waals surface area (Å²) >= 11 is 0.992. The van der Waals surface area contributed by atoms with Gasteiger partial charge in [0.2, 0.25) is 5.91 Å². The maximum Gasteiger partial charge on any atom is 0.586 e. The Kier molecular flexibility index (Phi) is 6.75. The monoisotopic (exact) mass is 577 g/mol. The SMILES string of the molecule is C[C@@H](C(=O)Nc1nc2cc3c(cc2s1)OC(F)(F)O3)N1CCC(F)(F)C(c2c[nH]c(=O)c(C(N)C(F)F)c2)C1. The average Bonchev–Trinajstić information content (AvgIpc) is 3.38. The zero-order chi connectivity index (χ0) is 28.3. The normalized spacial score (nSPS) is 21.7. The maximum atomic E-state index is 14.9. The summed E-state index contributed by atoms with van der Waals surface area (Å²) in [7, 11) is 0. The zero-order valence-electron chi connectivity index (χ0n) is 20.0. The van der Waals surface area contributed by atoms with Crippen molar-refractivity contribution in [2.45, 2.75) is 50.0 Å². The number of hydrogen-bond donors (Lipinski definition) is 3. The van der Waals surface area contributed by atoms with Gasteiger partial charge in [-0.25, -0.2) is 22.5 Å². The lowest BCUT2D eigenvalue weighted by molar-refractivity contribution is -0.286. The molecule has 3 atom stereocenters. The first-order valence-electron chi connectivity index (χ1n) is 11.6. The van der Waals surface area contributed by atoms with E-state index in [9.17, 15) is 35.9 Å². The number of aromatic amines is 1. The summed E-state index contributed by atoms with van der Waals surface area (Å²) in [4.78, 5) is 32.9. The van der Waals surface area contributed by atoms with Gasteiger partial charge in [-0.1, -0.05) is 11.3 Å². The van der Waals surface area contributed by atoms with Gasteiger partial charge < -0.3 is 25.5 Å². The Morgan fingerprint density at radius 1 is 1.23 bits per heavy atom. The number of carbonyl (C=O) groups excluding carboxylic acids is 1. The molecule has 2 aliphatic heterocycles. The number of nitrogens with two attached hydrogens (primary N) is 1. The van der Waals surface area contributed by atoms with Gasteiger partial charge in [0.1, 0.15) is 0 Å². The van der Waals surface area contributed by atoms with Gasteiger partial charge in [0, 0.05) is 43.4 Å². The van der Waals surface area contributed by atoms with Crippen LogP contribution in [0.25, 0.3) is 10.2 Å². The Labute approximate surface area is 219 Å². The van der Waals surface area contributed by atoms with E-state index in [-0.39, 0.29) is 40.8 Å². The number of benzene rings is 1. The van der Waals surface area contributed by atoms with E-state index >= 15 is 0 Å². The van der Waals surface area contributed by atoms with Gasteiger partial charge in [0.05, 0.1) is 28.2 Å². The molecule has 3 aromatic rings. The molecule has 0 bridgehead atoms. The lowest BCUT2D eigenvalue weighted by Crippen LogP contribution is -2.52. The van der Waals surface area contributed by atoms with Gasteiger partial charge in [-0.15, -0.1) is 8.78 Å². The number of ether oxygens (including phenoxy) is 2. The fourth-order valence-electron chi connectivity index (χ4n) is 4.53. The Balaban J connectivity index is 1.32. The number of aromatic nitrogens is 2. The quantitative estimate of drug-likeness (QED) is 0.379. The third-order valence-corrected chi connectivity index (χ3v) is 7.65.